The average molecular weight is 1950 g/mol. The highest BCUT2D eigenvalue weighted by molar-refractivity contribution is 6.31. The van der Waals surface area contributed by atoms with Gasteiger partial charge in [-0.3, -0.25) is 44.1 Å². The molecule has 0 fully saturated rings. The van der Waals surface area contributed by atoms with Crippen molar-refractivity contribution < 1.29 is 38.9 Å². The van der Waals surface area contributed by atoms with Crippen molar-refractivity contribution in [3.05, 3.63) is 539 Å². The summed E-state index contributed by atoms with van der Waals surface area (Å²) in [5.74, 6) is 2.37. The van der Waals surface area contributed by atoms with Crippen LogP contribution in [0, 0.1) is 13.8 Å². The zero-order valence-corrected chi connectivity index (χ0v) is 83.4. The van der Waals surface area contributed by atoms with E-state index < -0.39 is 11.4 Å². The molecule has 7 heterocycles. The number of carbonyl (C=O) groups is 4. The van der Waals surface area contributed by atoms with Crippen LogP contribution in [0.25, 0.3) is 79.2 Å². The largest absolute Gasteiger partial charge is 0.507 e. The van der Waals surface area contributed by atoms with Gasteiger partial charge in [0.05, 0.1) is 34.5 Å². The molecular weight excluding hydrogens is 1850 g/mol. The van der Waals surface area contributed by atoms with Crippen LogP contribution in [0.3, 0.4) is 0 Å². The lowest BCUT2D eigenvalue weighted by Crippen LogP contribution is -2.62. The van der Waals surface area contributed by atoms with Crippen molar-refractivity contribution in [2.75, 3.05) is 23.4 Å². The van der Waals surface area contributed by atoms with E-state index in [-0.39, 0.29) is 45.5 Å². The summed E-state index contributed by atoms with van der Waals surface area (Å²) in [5, 5.41) is 24.0. The first kappa shape index (κ1) is 94.7. The number of hydrogen-bond donors (Lipinski definition) is 2. The molecule has 27 rings (SSSR count). The van der Waals surface area contributed by atoms with Crippen molar-refractivity contribution in [1.82, 2.24) is 15.0 Å². The second-order valence-corrected chi connectivity index (χ2v) is 39.0. The maximum atomic E-state index is 13.4. The molecule has 2 spiro atoms. The molecule has 19 aromatic rings. The molecule has 0 saturated carbocycles. The third-order valence-electron chi connectivity index (χ3n) is 29.3. The molecule has 4 aliphatic carbocycles. The highest BCUT2D eigenvalue weighted by atomic mass is 35.5. The molecule has 0 saturated heterocycles. The van der Waals surface area contributed by atoms with E-state index in [0.29, 0.717) is 44.5 Å². The number of pyridine rings is 3. The minimum absolute atomic E-state index is 0.0407. The third-order valence-corrected chi connectivity index (χ3v) is 29.6. The van der Waals surface area contributed by atoms with Gasteiger partial charge in [-0.2, -0.15) is 0 Å². The summed E-state index contributed by atoms with van der Waals surface area (Å²) in [6, 6.07) is 124. The molecule has 2 atom stereocenters. The summed E-state index contributed by atoms with van der Waals surface area (Å²) in [6.45, 7) is 16.0. The second kappa shape index (κ2) is 38.8. The van der Waals surface area contributed by atoms with E-state index in [9.17, 15) is 29.4 Å². The smallest absolute Gasteiger partial charge is 0.228 e. The molecule has 16 heteroatoms. The molecule has 8 aliphatic rings. The lowest BCUT2D eigenvalue weighted by Gasteiger charge is -2.46. The van der Waals surface area contributed by atoms with E-state index in [2.05, 4.69) is 163 Å². The average Bonchev–Trinajstić information content (AvgIpc) is 1.49. The normalized spacial score (nSPS) is 16.7. The maximum absolute atomic E-state index is 13.4. The molecule has 3 aromatic heterocycles. The van der Waals surface area contributed by atoms with Crippen LogP contribution < -0.4 is 19.3 Å². The zero-order valence-electron chi connectivity index (χ0n) is 82.6. The summed E-state index contributed by atoms with van der Waals surface area (Å²) in [4.78, 5) is 81.0. The Balaban J connectivity index is 0.000000103. The number of benzene rings is 16. The number of halogens is 1. The lowest BCUT2D eigenvalue weighted by molar-refractivity contribution is 0.0788. The zero-order chi connectivity index (χ0) is 102. The molecular formula is C132H100ClN7O8. The first-order valence-electron chi connectivity index (χ1n) is 49.5. The van der Waals surface area contributed by atoms with Crippen molar-refractivity contribution in [2.45, 2.75) is 70.7 Å². The second-order valence-electron chi connectivity index (χ2n) is 38.6. The SMILES string of the molecule is CCN1c2ccccc2C(C)(C)C12C=Nc1c(ccc3ccccc13)O2.CN1c2ccccc2C(C)(C)C12C=Nc1c(c3cccnc3c3ncccc13)O2.Cc1ccc2c(c1)C(=O)c1ccccc1/C2=C1/c2ccccc2C(=O)c2cc(C)ccc21.O=C1c2ccccc2C(=C2c3ccccc3C(=O)c3ccccc32)c2ccccc21.Oc1ccccc1/C=C/c1ccc(Cl)cc1.Oc1ccccc1/C=C/c1ccccn1. The molecule has 0 amide bonds. The molecule has 2 N–H and O–H groups in total. The van der Waals surface area contributed by atoms with Gasteiger partial charge in [-0.05, 0) is 240 Å². The highest BCUT2D eigenvalue weighted by Crippen LogP contribution is 2.59. The van der Waals surface area contributed by atoms with E-state index in [4.69, 9.17) is 31.1 Å². The number of anilines is 2. The maximum Gasteiger partial charge on any atom is 0.228 e. The number of aryl methyl sites for hydroxylation is 2. The van der Waals surface area contributed by atoms with Crippen LogP contribution in [-0.2, 0) is 10.8 Å². The fourth-order valence-electron chi connectivity index (χ4n) is 21.9. The van der Waals surface area contributed by atoms with E-state index in [1.807, 2.05) is 311 Å². The quantitative estimate of drug-likeness (QED) is 0.122. The Kier molecular flexibility index (Phi) is 24.8. The summed E-state index contributed by atoms with van der Waals surface area (Å²) in [7, 11) is 2.08. The predicted molar refractivity (Wildman–Crippen MR) is 599 cm³/mol. The first-order chi connectivity index (χ1) is 72.0. The number of aromatic nitrogens is 3. The standard InChI is InChI=1S/C30H20O2.C28H16O2.C24H20N4O.C23H22N2O.C14H11ClO.C13H11NO/c1-17-11-13-21-25(15-17)29(31)23-9-5-3-7-19(23)27(21)28-20-8-4-6-10-24(20)30(32)26-16-18(2)12-14-22(26)28;29-27-21-13-5-1-9-17(21)25(18-10-2-6-14-22(18)27)26-19-11-3-7-15-23(19)28(30)24-16-8-4-12-20(24)26;1-23(2)17-10-4-5-11-18(17)28(3)24(23)14-27-21-15-8-6-12-25-19(15)20-16(22(21)29-24)9-7-13-26-20;1-4-25-19-12-8-7-11-18(19)22(2,3)23(25)15-24-21-17-10-6-5-9-16(17)13-14-20(21)26-23;15-13-9-6-11(7-10-13)5-8-12-3-1-2-4-14(12)16;15-13-7-2-1-5-11(13)8-9-12-6-3-4-10-14-12/h3-16H,1-2H3;1-16H;4-14H,1-3H3;5-15H,4H2,1-3H3;1-10,16H;1-10,15H/b28-27+;;;;8-5+;9-8+. The number of hydrogen-bond acceptors (Lipinski definition) is 15. The molecule has 15 nitrogen and oxygen atoms in total. The van der Waals surface area contributed by atoms with E-state index in [1.54, 1.807) is 42.9 Å². The van der Waals surface area contributed by atoms with Crippen LogP contribution in [0.1, 0.15) is 187 Å². The van der Waals surface area contributed by atoms with Crippen LogP contribution in [-0.4, -0.2) is 85.8 Å². The number of para-hydroxylation sites is 4. The van der Waals surface area contributed by atoms with Crippen LogP contribution in [0.15, 0.2) is 411 Å². The number of rotatable bonds is 5. The van der Waals surface area contributed by atoms with Gasteiger partial charge < -0.3 is 29.5 Å². The van der Waals surface area contributed by atoms with Gasteiger partial charge in [-0.25, -0.2) is 0 Å². The van der Waals surface area contributed by atoms with Gasteiger partial charge in [0, 0.05) is 120 Å². The van der Waals surface area contributed by atoms with Gasteiger partial charge in [0.25, 0.3) is 0 Å². The van der Waals surface area contributed by atoms with Crippen LogP contribution in [0.4, 0.5) is 22.7 Å². The Hall–Kier alpha value is -18.2. The van der Waals surface area contributed by atoms with Crippen LogP contribution in [0.5, 0.6) is 23.0 Å². The van der Waals surface area contributed by atoms with E-state index in [0.717, 1.165) is 168 Å². The van der Waals surface area contributed by atoms with Gasteiger partial charge in [-0.15, -0.1) is 0 Å². The lowest BCUT2D eigenvalue weighted by atomic mass is 9.72. The van der Waals surface area contributed by atoms with E-state index >= 15 is 0 Å². The minimum atomic E-state index is -0.720. The van der Waals surface area contributed by atoms with Crippen LogP contribution >= 0.6 is 11.6 Å². The van der Waals surface area contributed by atoms with Crippen molar-refractivity contribution in [3.63, 3.8) is 0 Å². The Morgan fingerprint density at radius 1 is 0.338 bits per heavy atom. The summed E-state index contributed by atoms with van der Waals surface area (Å²) < 4.78 is 13.7. The Labute approximate surface area is 863 Å². The molecule has 2 unspecified atom stereocenters. The molecule has 4 aliphatic heterocycles. The molecule has 148 heavy (non-hydrogen) atoms. The Bertz CT molecular complexity index is 8530. The Morgan fingerprint density at radius 3 is 1.21 bits per heavy atom. The number of nitrogens with zero attached hydrogens (tertiary/aromatic N) is 7. The first-order valence-corrected chi connectivity index (χ1v) is 49.8. The molecule has 0 radical (unpaired) electrons. The predicted octanol–water partition coefficient (Wildman–Crippen LogP) is 29.8. The Morgan fingerprint density at radius 2 is 0.723 bits per heavy atom. The van der Waals surface area contributed by atoms with Crippen LogP contribution in [0.2, 0.25) is 5.02 Å². The van der Waals surface area contributed by atoms with Gasteiger partial charge in [0.15, 0.2) is 28.9 Å². The number of phenolic OH excluding ortho intramolecular Hbond substituents is 2. The van der Waals surface area contributed by atoms with Gasteiger partial charge >= 0.3 is 0 Å². The topological polar surface area (TPSA) is 197 Å². The number of ketones is 4. The number of phenols is 2. The van der Waals surface area contributed by atoms with Crippen molar-refractivity contribution >= 4 is 149 Å². The fourth-order valence-corrected chi connectivity index (χ4v) is 22.0. The summed E-state index contributed by atoms with van der Waals surface area (Å²) in [6.07, 6.45) is 16.8. The molecule has 718 valence electrons. The number of ether oxygens (including phenoxy) is 2. The van der Waals surface area contributed by atoms with Crippen molar-refractivity contribution in [2.24, 2.45) is 9.98 Å². The van der Waals surface area contributed by atoms with Crippen molar-refractivity contribution in [1.29, 1.82) is 0 Å². The van der Waals surface area contributed by atoms with Crippen molar-refractivity contribution in [3.8, 4) is 23.0 Å². The monoisotopic (exact) mass is 1950 g/mol. The highest BCUT2D eigenvalue weighted by Gasteiger charge is 2.61. The summed E-state index contributed by atoms with van der Waals surface area (Å²) >= 11 is 5.79. The fraction of sp³-hybridized carbons (Fsp3) is 0.0985. The number of likely N-dealkylation sites (N-methyl/N-ethyl adjacent to an activating group) is 2. The molecule has 16 aromatic carbocycles. The third kappa shape index (κ3) is 16.4. The number of aliphatic imine (C=N–C) groups is 2. The van der Waals surface area contributed by atoms with E-state index in [1.165, 1.54) is 22.2 Å². The number of carbonyl (C=O) groups excluding carboxylic acids is 4. The summed E-state index contributed by atoms with van der Waals surface area (Å²) in [5.41, 5.74) is 29.2. The van der Waals surface area contributed by atoms with Gasteiger partial charge in [0.2, 0.25) is 11.4 Å². The van der Waals surface area contributed by atoms with Gasteiger partial charge in [-0.1, -0.05) is 326 Å². The minimum Gasteiger partial charge on any atom is -0.507 e. The van der Waals surface area contributed by atoms with Gasteiger partial charge in [0.1, 0.15) is 34.1 Å². The number of fused-ring (bicyclic) bond motifs is 19. The molecule has 0 bridgehead atoms. The number of aromatic hydroxyl groups is 2.